The Bertz CT molecular complexity index is 947. The maximum absolute atomic E-state index is 12.7. The van der Waals surface area contributed by atoms with Gasteiger partial charge in [0.15, 0.2) is 11.6 Å². The number of pyridine rings is 1. The second-order valence-corrected chi connectivity index (χ2v) is 9.27. The van der Waals surface area contributed by atoms with Crippen LogP contribution in [-0.2, 0) is 4.74 Å². The summed E-state index contributed by atoms with van der Waals surface area (Å²) in [6, 6.07) is 4.45. The van der Waals surface area contributed by atoms with Crippen LogP contribution < -0.4 is 10.5 Å². The first kappa shape index (κ1) is 20.6. The van der Waals surface area contributed by atoms with E-state index in [1.165, 1.54) is 24.6 Å². The summed E-state index contributed by atoms with van der Waals surface area (Å²) in [6.45, 7) is 3.36. The van der Waals surface area contributed by atoms with E-state index in [2.05, 4.69) is 39.2 Å². The molecule has 5 rings (SSSR count). The Balaban J connectivity index is 1.34. The van der Waals surface area contributed by atoms with E-state index in [0.717, 1.165) is 13.1 Å². The molecule has 0 spiro atoms. The minimum atomic E-state index is -2.95. The van der Waals surface area contributed by atoms with Crippen molar-refractivity contribution >= 4 is 5.82 Å². The second-order valence-electron chi connectivity index (χ2n) is 9.27. The van der Waals surface area contributed by atoms with Crippen LogP contribution in [-0.4, -0.2) is 58.6 Å². The molecular weight excluding hydrogens is 404 g/mol. The van der Waals surface area contributed by atoms with Crippen LogP contribution in [0.15, 0.2) is 18.3 Å². The molecule has 2 aromatic heterocycles. The molecule has 3 aliphatic rings. The lowest BCUT2D eigenvalue weighted by Gasteiger charge is -2.43. The van der Waals surface area contributed by atoms with Crippen LogP contribution in [0.25, 0.3) is 11.3 Å². The minimum Gasteiger partial charge on any atom is -0.431 e. The lowest BCUT2D eigenvalue weighted by molar-refractivity contribution is -0.0516. The van der Waals surface area contributed by atoms with E-state index in [4.69, 9.17) is 15.6 Å². The highest BCUT2D eigenvalue weighted by Gasteiger charge is 2.59. The van der Waals surface area contributed by atoms with Gasteiger partial charge in [-0.1, -0.05) is 0 Å². The summed E-state index contributed by atoms with van der Waals surface area (Å²) in [5, 5.41) is 4.79. The van der Waals surface area contributed by atoms with Gasteiger partial charge in [0, 0.05) is 55.7 Å². The topological polar surface area (TPSA) is 78.4 Å². The molecule has 0 amide bonds. The van der Waals surface area contributed by atoms with Crippen LogP contribution >= 0.6 is 0 Å². The van der Waals surface area contributed by atoms with Crippen molar-refractivity contribution in [1.29, 1.82) is 0 Å². The molecule has 1 aliphatic heterocycles. The van der Waals surface area contributed by atoms with E-state index in [9.17, 15) is 8.78 Å². The van der Waals surface area contributed by atoms with E-state index >= 15 is 0 Å². The van der Waals surface area contributed by atoms with Gasteiger partial charge in [-0.3, -0.25) is 9.58 Å². The fourth-order valence-electron chi connectivity index (χ4n) is 5.46. The predicted molar refractivity (Wildman–Crippen MR) is 112 cm³/mol. The average Bonchev–Trinajstić information content (AvgIpc) is 3.05. The van der Waals surface area contributed by atoms with Crippen molar-refractivity contribution in [1.82, 2.24) is 19.7 Å². The molecule has 3 fully saturated rings. The number of fused-ring (bicyclic) bond motifs is 1. The third kappa shape index (κ3) is 3.67. The molecule has 2 aliphatic carbocycles. The van der Waals surface area contributed by atoms with Gasteiger partial charge in [-0.2, -0.15) is 13.9 Å². The van der Waals surface area contributed by atoms with Gasteiger partial charge in [0.25, 0.3) is 0 Å². The third-order valence-corrected chi connectivity index (χ3v) is 7.13. The van der Waals surface area contributed by atoms with Gasteiger partial charge >= 0.3 is 6.61 Å². The number of anilines is 1. The van der Waals surface area contributed by atoms with Crippen molar-refractivity contribution in [3.8, 4) is 17.0 Å². The third-order valence-electron chi connectivity index (χ3n) is 7.13. The molecule has 31 heavy (non-hydrogen) atoms. The zero-order valence-electron chi connectivity index (χ0n) is 18.0. The first-order chi connectivity index (χ1) is 14.9. The Morgan fingerprint density at radius 1 is 1.16 bits per heavy atom. The number of nitrogens with two attached hydrogens (primary N) is 1. The molecule has 4 atom stereocenters. The normalized spacial score (nSPS) is 28.2. The summed E-state index contributed by atoms with van der Waals surface area (Å²) in [4.78, 5) is 6.57. The summed E-state index contributed by atoms with van der Waals surface area (Å²) < 4.78 is 37.3. The predicted octanol–water partition coefficient (Wildman–Crippen LogP) is 3.53. The molecule has 9 heteroatoms. The number of hydrogen-bond acceptors (Lipinski definition) is 6. The van der Waals surface area contributed by atoms with Crippen molar-refractivity contribution in [2.45, 2.75) is 57.4 Å². The van der Waals surface area contributed by atoms with Crippen molar-refractivity contribution in [2.24, 2.45) is 11.8 Å². The van der Waals surface area contributed by atoms with Gasteiger partial charge in [-0.15, -0.1) is 0 Å². The summed E-state index contributed by atoms with van der Waals surface area (Å²) in [5.74, 6) is 1.71. The SMILES string of the molecule is COC1CN(C2C[C@@H]3[C@H](C2)[C@H]3c2cc(-c3cnc(N)c(OC(F)F)c3)nn2C(C)C)C1. The Hall–Kier alpha value is -2.26. The van der Waals surface area contributed by atoms with Gasteiger partial charge < -0.3 is 15.2 Å². The van der Waals surface area contributed by atoms with Gasteiger partial charge in [0.2, 0.25) is 0 Å². The maximum Gasteiger partial charge on any atom is 0.387 e. The smallest absolute Gasteiger partial charge is 0.387 e. The van der Waals surface area contributed by atoms with Gasteiger partial charge in [-0.25, -0.2) is 4.98 Å². The van der Waals surface area contributed by atoms with E-state index in [-0.39, 0.29) is 17.6 Å². The van der Waals surface area contributed by atoms with Gasteiger partial charge in [-0.05, 0) is 50.7 Å². The molecule has 0 aromatic carbocycles. The Labute approximate surface area is 180 Å². The van der Waals surface area contributed by atoms with Crippen molar-refractivity contribution < 1.29 is 18.3 Å². The molecule has 0 radical (unpaired) electrons. The molecule has 2 N–H and O–H groups in total. The molecular formula is C22H29F2N5O2. The van der Waals surface area contributed by atoms with Crippen LogP contribution in [0.4, 0.5) is 14.6 Å². The number of likely N-dealkylation sites (tertiary alicyclic amines) is 1. The molecule has 7 nitrogen and oxygen atoms in total. The number of methoxy groups -OCH3 is 1. The van der Waals surface area contributed by atoms with Gasteiger partial charge in [0.05, 0.1) is 11.8 Å². The fraction of sp³-hybridized carbons (Fsp3) is 0.636. The number of rotatable bonds is 7. The summed E-state index contributed by atoms with van der Waals surface area (Å²) in [5.41, 5.74) is 8.25. The minimum absolute atomic E-state index is 0.0583. The molecule has 1 unspecified atom stereocenters. The number of aromatic nitrogens is 3. The standard InChI is InChI=1S/C22H29F2N5O2/c1-11(2)29-18(20-15-5-13(6-16(15)20)28-9-14(10-28)30-3)7-17(27-29)12-4-19(31-22(23)24)21(25)26-8-12/h4,7-8,11,13-16,20,22H,5-6,9-10H2,1-3H3,(H2,25,26)/t13?,15-,16+,20+. The van der Waals surface area contributed by atoms with E-state index in [1.54, 1.807) is 13.3 Å². The van der Waals surface area contributed by atoms with Crippen molar-refractivity contribution in [3.63, 3.8) is 0 Å². The lowest BCUT2D eigenvalue weighted by atomic mass is 9.99. The lowest BCUT2D eigenvalue weighted by Crippen LogP contribution is -2.55. The Morgan fingerprint density at radius 2 is 1.87 bits per heavy atom. The number of nitrogen functional groups attached to an aromatic ring is 1. The highest BCUT2D eigenvalue weighted by molar-refractivity contribution is 5.64. The van der Waals surface area contributed by atoms with Crippen LogP contribution in [0.1, 0.15) is 44.3 Å². The van der Waals surface area contributed by atoms with Crippen molar-refractivity contribution in [3.05, 3.63) is 24.0 Å². The highest BCUT2D eigenvalue weighted by Crippen LogP contribution is 2.64. The zero-order chi connectivity index (χ0) is 21.9. The summed E-state index contributed by atoms with van der Waals surface area (Å²) >= 11 is 0. The van der Waals surface area contributed by atoms with Crippen molar-refractivity contribution in [2.75, 3.05) is 25.9 Å². The molecule has 0 bridgehead atoms. The van der Waals surface area contributed by atoms with E-state index < -0.39 is 6.61 Å². The van der Waals surface area contributed by atoms with Gasteiger partial charge in [0.1, 0.15) is 0 Å². The maximum atomic E-state index is 12.7. The number of alkyl halides is 2. The first-order valence-corrected chi connectivity index (χ1v) is 10.9. The molecule has 2 saturated carbocycles. The van der Waals surface area contributed by atoms with Crippen LogP contribution in [0.2, 0.25) is 0 Å². The van der Waals surface area contributed by atoms with Crippen LogP contribution in [0.5, 0.6) is 5.75 Å². The highest BCUT2D eigenvalue weighted by atomic mass is 19.3. The number of ether oxygens (including phenoxy) is 2. The number of hydrogen-bond donors (Lipinski definition) is 1. The Morgan fingerprint density at radius 3 is 2.48 bits per heavy atom. The monoisotopic (exact) mass is 433 g/mol. The molecule has 3 heterocycles. The van der Waals surface area contributed by atoms with Crippen LogP contribution in [0.3, 0.4) is 0 Å². The molecule has 1 saturated heterocycles. The molecule has 2 aromatic rings. The van der Waals surface area contributed by atoms with Crippen LogP contribution in [0, 0.1) is 11.8 Å². The summed E-state index contributed by atoms with van der Waals surface area (Å²) in [6.07, 6.45) is 4.40. The number of nitrogens with zero attached hydrogens (tertiary/aromatic N) is 4. The summed E-state index contributed by atoms with van der Waals surface area (Å²) in [7, 11) is 1.79. The Kier molecular flexibility index (Phi) is 5.13. The largest absolute Gasteiger partial charge is 0.431 e. The van der Waals surface area contributed by atoms with E-state index in [0.29, 0.717) is 41.2 Å². The second kappa shape index (κ2) is 7.70. The molecule has 168 valence electrons. The fourth-order valence-corrected chi connectivity index (χ4v) is 5.46. The first-order valence-electron chi connectivity index (χ1n) is 10.9. The quantitative estimate of drug-likeness (QED) is 0.720. The van der Waals surface area contributed by atoms with E-state index in [1.807, 2.05) is 0 Å². The number of halogens is 2. The zero-order valence-corrected chi connectivity index (χ0v) is 18.0. The average molecular weight is 434 g/mol.